The van der Waals surface area contributed by atoms with Gasteiger partial charge in [0.2, 0.25) is 0 Å². The van der Waals surface area contributed by atoms with Crippen molar-refractivity contribution in [2.24, 2.45) is 22.7 Å². The normalized spacial score (nSPS) is 42.8. The number of hydrogen-bond donors (Lipinski definition) is 1. The van der Waals surface area contributed by atoms with Gasteiger partial charge < -0.3 is 9.84 Å². The smallest absolute Gasteiger partial charge is 0.334 e. The third kappa shape index (κ3) is 2.56. The molecule has 0 spiro atoms. The molecular weight excluding hydrogens is 288 g/mol. The van der Waals surface area contributed by atoms with Gasteiger partial charge in [-0.3, -0.25) is 0 Å². The first kappa shape index (κ1) is 17.0. The van der Waals surface area contributed by atoms with Crippen LogP contribution in [0, 0.1) is 22.7 Å². The maximum absolute atomic E-state index is 11.8. The van der Waals surface area contributed by atoms with Crippen molar-refractivity contribution in [3.8, 4) is 0 Å². The summed E-state index contributed by atoms with van der Waals surface area (Å²) < 4.78 is 5.02. The summed E-state index contributed by atoms with van der Waals surface area (Å²) in [6.07, 6.45) is 9.06. The second kappa shape index (κ2) is 5.61. The van der Waals surface area contributed by atoms with Crippen molar-refractivity contribution < 1.29 is 14.6 Å². The van der Waals surface area contributed by atoms with E-state index in [-0.39, 0.29) is 17.3 Å². The van der Waals surface area contributed by atoms with Crippen molar-refractivity contribution in [2.45, 2.75) is 78.2 Å². The summed E-state index contributed by atoms with van der Waals surface area (Å²) in [4.78, 5) is 11.7. The molecule has 0 radical (unpaired) electrons. The highest BCUT2D eigenvalue weighted by Gasteiger charge is 2.60. The molecule has 1 N–H and O–H groups in total. The van der Waals surface area contributed by atoms with Crippen LogP contribution in [0.2, 0.25) is 0 Å². The van der Waals surface area contributed by atoms with Crippen LogP contribution in [0.15, 0.2) is 11.6 Å². The van der Waals surface area contributed by atoms with E-state index < -0.39 is 5.60 Å². The fourth-order valence-electron chi connectivity index (χ4n) is 6.02. The van der Waals surface area contributed by atoms with Crippen LogP contribution in [0.4, 0.5) is 0 Å². The van der Waals surface area contributed by atoms with Crippen LogP contribution in [0.1, 0.15) is 72.6 Å². The number of fused-ring (bicyclic) bond motifs is 1. The number of aliphatic hydroxyl groups is 1. The van der Waals surface area contributed by atoms with Crippen LogP contribution >= 0.6 is 0 Å². The Labute approximate surface area is 140 Å². The fourth-order valence-corrected chi connectivity index (χ4v) is 6.02. The monoisotopic (exact) mass is 320 g/mol. The molecule has 0 amide bonds. The van der Waals surface area contributed by atoms with E-state index in [4.69, 9.17) is 4.74 Å². The van der Waals surface area contributed by atoms with Gasteiger partial charge in [-0.1, -0.05) is 34.1 Å². The maximum atomic E-state index is 11.8. The van der Waals surface area contributed by atoms with Gasteiger partial charge in [0.25, 0.3) is 0 Å². The lowest BCUT2D eigenvalue weighted by Crippen LogP contribution is -2.62. The van der Waals surface area contributed by atoms with Crippen molar-refractivity contribution in [1.29, 1.82) is 0 Å². The van der Waals surface area contributed by atoms with Crippen molar-refractivity contribution in [3.05, 3.63) is 11.6 Å². The number of esters is 1. The Bertz CT molecular complexity index is 521. The zero-order valence-electron chi connectivity index (χ0n) is 15.2. The lowest BCUT2D eigenvalue weighted by atomic mass is 9.44. The third-order valence-electron chi connectivity index (χ3n) is 7.50. The molecular formula is C20H32O3. The number of cyclic esters (lactones) is 1. The molecule has 130 valence electrons. The average molecular weight is 320 g/mol. The topological polar surface area (TPSA) is 46.5 Å². The van der Waals surface area contributed by atoms with Crippen molar-refractivity contribution in [2.75, 3.05) is 6.61 Å². The van der Waals surface area contributed by atoms with Crippen molar-refractivity contribution >= 4 is 5.97 Å². The first-order chi connectivity index (χ1) is 10.7. The molecule has 3 nitrogen and oxygen atoms in total. The maximum Gasteiger partial charge on any atom is 0.334 e. The number of rotatable bonds is 3. The quantitative estimate of drug-likeness (QED) is 0.791. The minimum absolute atomic E-state index is 0.0461. The molecule has 1 heterocycles. The van der Waals surface area contributed by atoms with Gasteiger partial charge >= 0.3 is 5.97 Å². The van der Waals surface area contributed by atoms with Gasteiger partial charge in [0, 0.05) is 5.57 Å². The Morgan fingerprint density at radius 2 is 2.00 bits per heavy atom. The minimum atomic E-state index is -0.683. The average Bonchev–Trinajstić information content (AvgIpc) is 2.87. The molecule has 2 aliphatic carbocycles. The van der Waals surface area contributed by atoms with E-state index in [1.807, 2.05) is 6.08 Å². The molecule has 0 aromatic rings. The Kier molecular flexibility index (Phi) is 4.15. The van der Waals surface area contributed by atoms with Gasteiger partial charge in [0.15, 0.2) is 0 Å². The fraction of sp³-hybridized carbons (Fsp3) is 0.850. The van der Waals surface area contributed by atoms with E-state index in [0.717, 1.165) is 18.4 Å². The summed E-state index contributed by atoms with van der Waals surface area (Å²) in [6.45, 7) is 9.67. The highest BCUT2D eigenvalue weighted by molar-refractivity contribution is 5.90. The predicted octanol–water partition coefficient (Wildman–Crippen LogP) is 4.24. The Morgan fingerprint density at radius 3 is 2.65 bits per heavy atom. The standard InChI is InChI=1S/C20H32O3/c1-14-6-7-16-18(2,3)10-5-11-19(16,4)20(14,22)12-8-15-9-13-23-17(15)21/h9,14,16,22H,5-8,10-13H2,1-4H3/t14-,16+,19+,20-/m1/s1. The summed E-state index contributed by atoms with van der Waals surface area (Å²) in [5.74, 6) is 0.660. The third-order valence-corrected chi connectivity index (χ3v) is 7.50. The number of hydrogen-bond acceptors (Lipinski definition) is 3. The molecule has 3 rings (SSSR count). The molecule has 0 saturated heterocycles. The summed E-state index contributed by atoms with van der Waals surface area (Å²) >= 11 is 0. The number of carbonyl (C=O) groups excluding carboxylic acids is 1. The molecule has 1 aliphatic heterocycles. The lowest BCUT2D eigenvalue weighted by Gasteiger charge is -2.63. The molecule has 2 fully saturated rings. The van der Waals surface area contributed by atoms with Crippen LogP contribution in [0.3, 0.4) is 0 Å². The number of ether oxygens (including phenoxy) is 1. The molecule has 0 bridgehead atoms. The highest BCUT2D eigenvalue weighted by atomic mass is 16.5. The largest absolute Gasteiger partial charge is 0.458 e. The van der Waals surface area contributed by atoms with E-state index in [1.165, 1.54) is 19.3 Å². The molecule has 3 aliphatic rings. The molecule has 2 saturated carbocycles. The first-order valence-electron chi connectivity index (χ1n) is 9.29. The molecule has 0 aromatic heterocycles. The second-order valence-electron chi connectivity index (χ2n) is 9.04. The van der Waals surface area contributed by atoms with E-state index in [0.29, 0.717) is 30.8 Å². The minimum Gasteiger partial charge on any atom is -0.458 e. The zero-order chi connectivity index (χ0) is 16.9. The van der Waals surface area contributed by atoms with E-state index in [1.54, 1.807) is 0 Å². The molecule has 0 unspecified atom stereocenters. The zero-order valence-corrected chi connectivity index (χ0v) is 15.2. The van der Waals surface area contributed by atoms with Gasteiger partial charge in [0.1, 0.15) is 6.61 Å². The van der Waals surface area contributed by atoms with Crippen LogP contribution in [0.5, 0.6) is 0 Å². The van der Waals surface area contributed by atoms with Gasteiger partial charge in [-0.05, 0) is 67.3 Å². The van der Waals surface area contributed by atoms with Crippen molar-refractivity contribution in [1.82, 2.24) is 0 Å². The summed E-state index contributed by atoms with van der Waals surface area (Å²) in [5.41, 5.74) is 0.325. The van der Waals surface area contributed by atoms with Crippen LogP contribution in [0.25, 0.3) is 0 Å². The van der Waals surface area contributed by atoms with Gasteiger partial charge in [-0.25, -0.2) is 4.79 Å². The Balaban J connectivity index is 1.86. The Hall–Kier alpha value is -0.830. The van der Waals surface area contributed by atoms with Crippen LogP contribution in [-0.4, -0.2) is 23.3 Å². The molecule has 3 heteroatoms. The summed E-state index contributed by atoms with van der Waals surface area (Å²) in [7, 11) is 0. The number of carbonyl (C=O) groups is 1. The van der Waals surface area contributed by atoms with Gasteiger partial charge in [-0.15, -0.1) is 0 Å². The highest BCUT2D eigenvalue weighted by Crippen LogP contribution is 2.63. The van der Waals surface area contributed by atoms with E-state index >= 15 is 0 Å². The van der Waals surface area contributed by atoms with Gasteiger partial charge in [-0.2, -0.15) is 0 Å². The first-order valence-corrected chi connectivity index (χ1v) is 9.29. The van der Waals surface area contributed by atoms with Crippen LogP contribution < -0.4 is 0 Å². The SMILES string of the molecule is C[C@@H]1CC[C@H]2C(C)(C)CCC[C@]2(C)[C@@]1(O)CCC1=CCOC1=O. The summed E-state index contributed by atoms with van der Waals surface area (Å²) in [6, 6.07) is 0. The Morgan fingerprint density at radius 1 is 1.26 bits per heavy atom. The van der Waals surface area contributed by atoms with E-state index in [2.05, 4.69) is 27.7 Å². The second-order valence-corrected chi connectivity index (χ2v) is 9.04. The molecule has 4 atom stereocenters. The molecule has 0 aromatic carbocycles. The molecule has 23 heavy (non-hydrogen) atoms. The van der Waals surface area contributed by atoms with Crippen LogP contribution in [-0.2, 0) is 9.53 Å². The lowest BCUT2D eigenvalue weighted by molar-refractivity contribution is -0.211. The van der Waals surface area contributed by atoms with Gasteiger partial charge in [0.05, 0.1) is 5.60 Å². The van der Waals surface area contributed by atoms with Crippen molar-refractivity contribution in [3.63, 3.8) is 0 Å². The summed E-state index contributed by atoms with van der Waals surface area (Å²) in [5, 5.41) is 11.8. The predicted molar refractivity (Wildman–Crippen MR) is 90.9 cm³/mol. The van der Waals surface area contributed by atoms with E-state index in [9.17, 15) is 9.90 Å².